The van der Waals surface area contributed by atoms with Gasteiger partial charge in [-0.05, 0) is 17.7 Å². The first-order chi connectivity index (χ1) is 11.0. The molecule has 0 spiro atoms. The van der Waals surface area contributed by atoms with Crippen molar-refractivity contribution in [2.45, 2.75) is 0 Å². The SMILES string of the molecule is CN(C)c1ccc(C(=C(C#N)C#N)c2coc(N)c2C#N)cc1. The highest BCUT2D eigenvalue weighted by Gasteiger charge is 2.20. The number of furan rings is 1. The Bertz CT molecular complexity index is 867. The topological polar surface area (TPSA) is 114 Å². The molecule has 1 aromatic heterocycles. The summed E-state index contributed by atoms with van der Waals surface area (Å²) in [5.74, 6) is -0.0415. The van der Waals surface area contributed by atoms with Crippen molar-refractivity contribution >= 4 is 17.1 Å². The monoisotopic (exact) mass is 303 g/mol. The summed E-state index contributed by atoms with van der Waals surface area (Å²) >= 11 is 0. The van der Waals surface area contributed by atoms with Gasteiger partial charge in [-0.15, -0.1) is 0 Å². The Kier molecular flexibility index (Phi) is 4.36. The molecule has 6 heteroatoms. The average molecular weight is 303 g/mol. The van der Waals surface area contributed by atoms with Crippen molar-refractivity contribution in [2.24, 2.45) is 0 Å². The molecule has 0 amide bonds. The van der Waals surface area contributed by atoms with E-state index in [9.17, 15) is 15.8 Å². The van der Waals surface area contributed by atoms with Crippen LogP contribution in [0.5, 0.6) is 0 Å². The van der Waals surface area contributed by atoms with Crippen LogP contribution < -0.4 is 10.6 Å². The van der Waals surface area contributed by atoms with Crippen LogP contribution in [0.25, 0.3) is 5.57 Å². The molecule has 0 aliphatic heterocycles. The lowest BCUT2D eigenvalue weighted by Crippen LogP contribution is -2.08. The van der Waals surface area contributed by atoms with Crippen LogP contribution in [0.15, 0.2) is 40.5 Å². The molecule has 0 fully saturated rings. The summed E-state index contributed by atoms with van der Waals surface area (Å²) in [7, 11) is 3.82. The first-order valence-corrected chi connectivity index (χ1v) is 6.63. The minimum absolute atomic E-state index is 0.0415. The Morgan fingerprint density at radius 1 is 1.09 bits per heavy atom. The van der Waals surface area contributed by atoms with E-state index in [4.69, 9.17) is 10.2 Å². The Balaban J connectivity index is 2.72. The van der Waals surface area contributed by atoms with E-state index in [0.717, 1.165) is 5.69 Å². The van der Waals surface area contributed by atoms with Gasteiger partial charge >= 0.3 is 0 Å². The molecule has 6 nitrogen and oxygen atoms in total. The molecule has 0 aliphatic carbocycles. The molecule has 23 heavy (non-hydrogen) atoms. The molecule has 0 saturated carbocycles. The van der Waals surface area contributed by atoms with Gasteiger partial charge in [0.05, 0.1) is 0 Å². The quantitative estimate of drug-likeness (QED) is 0.872. The fourth-order valence-corrected chi connectivity index (χ4v) is 2.17. The van der Waals surface area contributed by atoms with Crippen molar-refractivity contribution in [3.8, 4) is 18.2 Å². The van der Waals surface area contributed by atoms with Crippen molar-refractivity contribution in [1.82, 2.24) is 0 Å². The van der Waals surface area contributed by atoms with E-state index in [1.807, 2.05) is 49.3 Å². The van der Waals surface area contributed by atoms with Gasteiger partial charge in [0.2, 0.25) is 5.88 Å². The second-order valence-corrected chi connectivity index (χ2v) is 4.92. The van der Waals surface area contributed by atoms with Crippen molar-refractivity contribution in [1.29, 1.82) is 15.8 Å². The van der Waals surface area contributed by atoms with Crippen molar-refractivity contribution in [3.63, 3.8) is 0 Å². The number of nitrogens with zero attached hydrogens (tertiary/aromatic N) is 4. The summed E-state index contributed by atoms with van der Waals surface area (Å²) in [5, 5.41) is 27.7. The van der Waals surface area contributed by atoms with Crippen molar-refractivity contribution < 1.29 is 4.42 Å². The largest absolute Gasteiger partial charge is 0.447 e. The first kappa shape index (κ1) is 15.7. The molecule has 0 aliphatic rings. The number of benzene rings is 1. The van der Waals surface area contributed by atoms with E-state index in [2.05, 4.69) is 0 Å². The van der Waals surface area contributed by atoms with E-state index >= 15 is 0 Å². The third-order valence-electron chi connectivity index (χ3n) is 3.35. The number of rotatable bonds is 3. The molecule has 0 bridgehead atoms. The Morgan fingerprint density at radius 3 is 2.17 bits per heavy atom. The highest BCUT2D eigenvalue weighted by Crippen LogP contribution is 2.33. The van der Waals surface area contributed by atoms with Crippen LogP contribution in [0.4, 0.5) is 11.6 Å². The molecule has 2 aromatic rings. The van der Waals surface area contributed by atoms with Gasteiger partial charge in [0.25, 0.3) is 0 Å². The molecule has 1 aromatic carbocycles. The summed E-state index contributed by atoms with van der Waals surface area (Å²) in [6, 6.07) is 13.0. The number of hydrogen-bond donors (Lipinski definition) is 1. The zero-order valence-electron chi connectivity index (χ0n) is 12.7. The second kappa shape index (κ2) is 6.39. The zero-order valence-corrected chi connectivity index (χ0v) is 12.7. The maximum atomic E-state index is 9.25. The van der Waals surface area contributed by atoms with Gasteiger partial charge in [0.1, 0.15) is 35.6 Å². The lowest BCUT2D eigenvalue weighted by atomic mass is 9.93. The maximum Gasteiger partial charge on any atom is 0.208 e. The van der Waals surface area contributed by atoms with Gasteiger partial charge in [-0.1, -0.05) is 12.1 Å². The second-order valence-electron chi connectivity index (χ2n) is 4.92. The van der Waals surface area contributed by atoms with E-state index in [-0.39, 0.29) is 17.0 Å². The van der Waals surface area contributed by atoms with E-state index in [1.54, 1.807) is 12.1 Å². The summed E-state index contributed by atoms with van der Waals surface area (Å²) in [6.45, 7) is 0. The van der Waals surface area contributed by atoms with Crippen LogP contribution in [-0.2, 0) is 0 Å². The molecule has 0 atom stereocenters. The molecule has 0 saturated heterocycles. The lowest BCUT2D eigenvalue weighted by Gasteiger charge is -2.13. The Morgan fingerprint density at radius 2 is 1.70 bits per heavy atom. The number of nitrogens with two attached hydrogens (primary N) is 1. The smallest absolute Gasteiger partial charge is 0.208 e. The first-order valence-electron chi connectivity index (χ1n) is 6.63. The molecule has 2 rings (SSSR count). The number of allylic oxidation sites excluding steroid dienone is 1. The number of hydrogen-bond acceptors (Lipinski definition) is 6. The number of nitrogen functional groups attached to an aromatic ring is 1. The van der Waals surface area contributed by atoms with Gasteiger partial charge in [-0.25, -0.2) is 0 Å². The maximum absolute atomic E-state index is 9.25. The molecule has 2 N–H and O–H groups in total. The highest BCUT2D eigenvalue weighted by atomic mass is 16.3. The zero-order chi connectivity index (χ0) is 17.0. The van der Waals surface area contributed by atoms with Crippen molar-refractivity contribution in [3.05, 3.63) is 52.8 Å². The standard InChI is InChI=1S/C17H13N5O/c1-22(2)13-5-3-11(4-6-13)16(12(7-18)8-19)15-10-23-17(21)14(15)9-20/h3-6,10H,21H2,1-2H3. The van der Waals surface area contributed by atoms with Gasteiger partial charge in [-0.3, -0.25) is 0 Å². The molecular formula is C17H13N5O. The van der Waals surface area contributed by atoms with Crippen LogP contribution in [-0.4, -0.2) is 14.1 Å². The third kappa shape index (κ3) is 2.85. The fourth-order valence-electron chi connectivity index (χ4n) is 2.17. The van der Waals surface area contributed by atoms with E-state index in [0.29, 0.717) is 16.7 Å². The predicted molar refractivity (Wildman–Crippen MR) is 85.9 cm³/mol. The Labute approximate surface area is 133 Å². The van der Waals surface area contributed by atoms with Gasteiger partial charge in [0, 0.05) is 30.9 Å². The minimum atomic E-state index is -0.111. The number of nitriles is 3. The predicted octanol–water partition coefficient (Wildman–Crippen LogP) is 2.65. The summed E-state index contributed by atoms with van der Waals surface area (Å²) in [6.07, 6.45) is 1.29. The van der Waals surface area contributed by atoms with E-state index in [1.165, 1.54) is 6.26 Å². The summed E-state index contributed by atoms with van der Waals surface area (Å²) in [4.78, 5) is 1.93. The van der Waals surface area contributed by atoms with Gasteiger partial charge < -0.3 is 15.1 Å². The van der Waals surface area contributed by atoms with Crippen LogP contribution in [0, 0.1) is 34.0 Å². The highest BCUT2D eigenvalue weighted by molar-refractivity contribution is 5.90. The average Bonchev–Trinajstić information content (AvgIpc) is 2.92. The van der Waals surface area contributed by atoms with Gasteiger partial charge in [-0.2, -0.15) is 15.8 Å². The third-order valence-corrected chi connectivity index (χ3v) is 3.35. The van der Waals surface area contributed by atoms with Crippen molar-refractivity contribution in [2.75, 3.05) is 24.7 Å². The lowest BCUT2D eigenvalue weighted by molar-refractivity contribution is 0.586. The summed E-state index contributed by atoms with van der Waals surface area (Å²) < 4.78 is 5.08. The van der Waals surface area contributed by atoms with Crippen LogP contribution in [0.1, 0.15) is 16.7 Å². The molecule has 0 unspecified atom stereocenters. The van der Waals surface area contributed by atoms with Crippen LogP contribution in [0.3, 0.4) is 0 Å². The normalized spacial score (nSPS) is 9.35. The Hall–Kier alpha value is -3.69. The molecule has 1 heterocycles. The number of anilines is 2. The molecule has 0 radical (unpaired) electrons. The summed E-state index contributed by atoms with van der Waals surface area (Å²) in [5.41, 5.74) is 7.89. The minimum Gasteiger partial charge on any atom is -0.447 e. The van der Waals surface area contributed by atoms with Gasteiger partial charge in [0.15, 0.2) is 0 Å². The molecule has 112 valence electrons. The van der Waals surface area contributed by atoms with Crippen LogP contribution >= 0.6 is 0 Å². The fraction of sp³-hybridized carbons (Fsp3) is 0.118. The molecular weight excluding hydrogens is 290 g/mol. The van der Waals surface area contributed by atoms with Crippen LogP contribution in [0.2, 0.25) is 0 Å². The van der Waals surface area contributed by atoms with E-state index < -0.39 is 0 Å².